The molecule has 1 aliphatic rings. The zero-order chi connectivity index (χ0) is 14.0. The van der Waals surface area contributed by atoms with Crippen molar-refractivity contribution in [1.82, 2.24) is 5.32 Å². The molecule has 0 unspecified atom stereocenters. The Hall–Kier alpha value is -1.42. The number of benzene rings is 1. The molecule has 0 aromatic heterocycles. The normalized spacial score (nSPS) is 15.4. The summed E-state index contributed by atoms with van der Waals surface area (Å²) in [6.45, 7) is 5.20. The van der Waals surface area contributed by atoms with E-state index in [9.17, 15) is 5.11 Å². The maximum absolute atomic E-state index is 9.87. The number of aromatic hydroxyl groups is 1. The van der Waals surface area contributed by atoms with Gasteiger partial charge in [-0.15, -0.1) is 0 Å². The molecule has 1 aromatic rings. The second-order valence-electron chi connectivity index (χ2n) is 5.70. The Labute approximate surface area is 114 Å². The van der Waals surface area contributed by atoms with Crippen LogP contribution in [-0.4, -0.2) is 24.9 Å². The van der Waals surface area contributed by atoms with Crippen LogP contribution < -0.4 is 14.8 Å². The first-order valence-corrected chi connectivity index (χ1v) is 6.67. The van der Waals surface area contributed by atoms with E-state index in [1.165, 1.54) is 12.8 Å². The van der Waals surface area contributed by atoms with Gasteiger partial charge in [-0.1, -0.05) is 0 Å². The van der Waals surface area contributed by atoms with Gasteiger partial charge in [0, 0.05) is 12.1 Å². The van der Waals surface area contributed by atoms with Gasteiger partial charge >= 0.3 is 0 Å². The minimum absolute atomic E-state index is 0.0511. The van der Waals surface area contributed by atoms with Crippen LogP contribution in [-0.2, 0) is 6.54 Å². The first-order chi connectivity index (χ1) is 8.97. The summed E-state index contributed by atoms with van der Waals surface area (Å²) in [5, 5.41) is 13.4. The highest BCUT2D eigenvalue weighted by molar-refractivity contribution is 5.52. The second-order valence-corrected chi connectivity index (χ2v) is 5.70. The van der Waals surface area contributed by atoms with Crippen LogP contribution in [0.2, 0.25) is 0 Å². The molecule has 1 aliphatic carbocycles. The van der Waals surface area contributed by atoms with Gasteiger partial charge in [0.1, 0.15) is 0 Å². The van der Waals surface area contributed by atoms with Crippen molar-refractivity contribution < 1.29 is 14.6 Å². The van der Waals surface area contributed by atoms with E-state index in [1.807, 2.05) is 12.1 Å². The largest absolute Gasteiger partial charge is 0.502 e. The Morgan fingerprint density at radius 3 is 2.16 bits per heavy atom. The fourth-order valence-electron chi connectivity index (χ4n) is 2.33. The summed E-state index contributed by atoms with van der Waals surface area (Å²) < 4.78 is 10.3. The van der Waals surface area contributed by atoms with Crippen molar-refractivity contribution in [2.75, 3.05) is 14.2 Å². The lowest BCUT2D eigenvalue weighted by molar-refractivity contribution is 0.330. The summed E-state index contributed by atoms with van der Waals surface area (Å²) in [5.74, 6) is 1.71. The molecule has 106 valence electrons. The predicted octanol–water partition coefficient (Wildman–Crippen LogP) is 2.69. The van der Waals surface area contributed by atoms with E-state index >= 15 is 0 Å². The number of rotatable bonds is 6. The van der Waals surface area contributed by atoms with Gasteiger partial charge < -0.3 is 19.9 Å². The minimum Gasteiger partial charge on any atom is -0.502 e. The molecule has 1 aromatic carbocycles. The van der Waals surface area contributed by atoms with Crippen molar-refractivity contribution in [3.05, 3.63) is 17.7 Å². The van der Waals surface area contributed by atoms with Crippen LogP contribution in [0.25, 0.3) is 0 Å². The van der Waals surface area contributed by atoms with Crippen LogP contribution in [0.5, 0.6) is 17.2 Å². The summed E-state index contributed by atoms with van der Waals surface area (Å²) in [5.41, 5.74) is 1.19. The molecular weight excluding hydrogens is 242 g/mol. The van der Waals surface area contributed by atoms with Crippen LogP contribution in [0.15, 0.2) is 12.1 Å². The van der Waals surface area contributed by atoms with Crippen LogP contribution in [0.1, 0.15) is 32.3 Å². The summed E-state index contributed by atoms with van der Waals surface area (Å²) in [7, 11) is 3.08. The van der Waals surface area contributed by atoms with Crippen molar-refractivity contribution in [1.29, 1.82) is 0 Å². The van der Waals surface area contributed by atoms with E-state index in [-0.39, 0.29) is 11.3 Å². The van der Waals surface area contributed by atoms with Crippen LogP contribution >= 0.6 is 0 Å². The fourth-order valence-corrected chi connectivity index (χ4v) is 2.33. The van der Waals surface area contributed by atoms with Gasteiger partial charge in [-0.3, -0.25) is 0 Å². The van der Waals surface area contributed by atoms with Crippen molar-refractivity contribution in [2.24, 2.45) is 5.92 Å². The van der Waals surface area contributed by atoms with Crippen molar-refractivity contribution >= 4 is 0 Å². The smallest absolute Gasteiger partial charge is 0.200 e. The molecule has 0 bridgehead atoms. The monoisotopic (exact) mass is 265 g/mol. The van der Waals surface area contributed by atoms with E-state index in [0.29, 0.717) is 11.5 Å². The van der Waals surface area contributed by atoms with Crippen LogP contribution in [0.4, 0.5) is 0 Å². The zero-order valence-corrected chi connectivity index (χ0v) is 12.1. The Bertz CT molecular complexity index is 428. The summed E-state index contributed by atoms with van der Waals surface area (Å²) >= 11 is 0. The number of ether oxygens (including phenoxy) is 2. The average Bonchev–Trinajstić information content (AvgIpc) is 3.22. The van der Waals surface area contributed by atoms with Gasteiger partial charge in [0.2, 0.25) is 5.75 Å². The topological polar surface area (TPSA) is 50.7 Å². The number of hydrogen-bond acceptors (Lipinski definition) is 4. The Kier molecular flexibility index (Phi) is 3.90. The quantitative estimate of drug-likeness (QED) is 0.830. The molecule has 4 heteroatoms. The SMILES string of the molecule is COc1cc(CNC(C)(C)C2CC2)cc(OC)c1O. The molecule has 0 heterocycles. The Morgan fingerprint density at radius 1 is 1.21 bits per heavy atom. The molecular formula is C15H23NO3. The molecule has 1 saturated carbocycles. The summed E-state index contributed by atoms with van der Waals surface area (Å²) in [4.78, 5) is 0. The molecule has 2 N–H and O–H groups in total. The third kappa shape index (κ3) is 3.13. The fraction of sp³-hybridized carbons (Fsp3) is 0.600. The Balaban J connectivity index is 2.11. The highest BCUT2D eigenvalue weighted by atomic mass is 16.5. The first kappa shape index (κ1) is 14.0. The lowest BCUT2D eigenvalue weighted by Crippen LogP contribution is -2.40. The first-order valence-electron chi connectivity index (χ1n) is 6.67. The lowest BCUT2D eigenvalue weighted by atomic mass is 9.98. The lowest BCUT2D eigenvalue weighted by Gasteiger charge is -2.26. The van der Waals surface area contributed by atoms with Gasteiger partial charge in [0.05, 0.1) is 14.2 Å². The van der Waals surface area contributed by atoms with E-state index in [0.717, 1.165) is 18.0 Å². The van der Waals surface area contributed by atoms with E-state index in [4.69, 9.17) is 9.47 Å². The molecule has 0 saturated heterocycles. The molecule has 2 rings (SSSR count). The van der Waals surface area contributed by atoms with Crippen LogP contribution in [0.3, 0.4) is 0 Å². The number of phenolic OH excluding ortho intramolecular Hbond substituents is 1. The highest BCUT2D eigenvalue weighted by Gasteiger charge is 2.37. The maximum Gasteiger partial charge on any atom is 0.200 e. The third-order valence-electron chi connectivity index (χ3n) is 3.89. The molecule has 0 aliphatic heterocycles. The van der Waals surface area contributed by atoms with Gasteiger partial charge in [-0.05, 0) is 50.3 Å². The minimum atomic E-state index is 0.0511. The van der Waals surface area contributed by atoms with Crippen molar-refractivity contribution in [2.45, 2.75) is 38.8 Å². The Morgan fingerprint density at radius 2 is 1.74 bits per heavy atom. The highest BCUT2D eigenvalue weighted by Crippen LogP contribution is 2.40. The zero-order valence-electron chi connectivity index (χ0n) is 12.1. The molecule has 19 heavy (non-hydrogen) atoms. The average molecular weight is 265 g/mol. The number of phenols is 1. The molecule has 0 radical (unpaired) electrons. The molecule has 0 atom stereocenters. The standard InChI is InChI=1S/C15H23NO3/c1-15(2,11-5-6-11)16-9-10-7-12(18-3)14(17)13(8-10)19-4/h7-8,11,16-17H,5-6,9H2,1-4H3. The molecule has 0 amide bonds. The predicted molar refractivity (Wildman–Crippen MR) is 74.9 cm³/mol. The van der Waals surface area contributed by atoms with Gasteiger partial charge in [-0.25, -0.2) is 0 Å². The molecule has 0 spiro atoms. The number of methoxy groups -OCH3 is 2. The third-order valence-corrected chi connectivity index (χ3v) is 3.89. The van der Waals surface area contributed by atoms with E-state index in [1.54, 1.807) is 14.2 Å². The summed E-state index contributed by atoms with van der Waals surface area (Å²) in [6, 6.07) is 3.68. The van der Waals surface area contributed by atoms with Crippen LogP contribution in [0, 0.1) is 5.92 Å². The maximum atomic E-state index is 9.87. The summed E-state index contributed by atoms with van der Waals surface area (Å²) in [6.07, 6.45) is 2.62. The number of hydrogen-bond donors (Lipinski definition) is 2. The van der Waals surface area contributed by atoms with Crippen molar-refractivity contribution in [3.63, 3.8) is 0 Å². The molecule has 1 fully saturated rings. The van der Waals surface area contributed by atoms with E-state index in [2.05, 4.69) is 19.2 Å². The van der Waals surface area contributed by atoms with Gasteiger partial charge in [-0.2, -0.15) is 0 Å². The van der Waals surface area contributed by atoms with E-state index < -0.39 is 0 Å². The second kappa shape index (κ2) is 5.29. The number of nitrogens with one attached hydrogen (secondary N) is 1. The van der Waals surface area contributed by atoms with Gasteiger partial charge in [0.25, 0.3) is 0 Å². The molecule has 4 nitrogen and oxygen atoms in total. The van der Waals surface area contributed by atoms with Gasteiger partial charge in [0.15, 0.2) is 11.5 Å². The van der Waals surface area contributed by atoms with Crippen molar-refractivity contribution in [3.8, 4) is 17.2 Å².